The topological polar surface area (TPSA) is 124 Å². The zero-order valence-electron chi connectivity index (χ0n) is 44.2. The van der Waals surface area contributed by atoms with Crippen molar-refractivity contribution in [1.29, 1.82) is 0 Å². The number of nitrogens with one attached hydrogen (secondary N) is 1. The Bertz CT molecular complexity index is 2920. The van der Waals surface area contributed by atoms with Crippen molar-refractivity contribution in [3.05, 3.63) is 172 Å². The zero-order chi connectivity index (χ0) is 52.5. The van der Waals surface area contributed by atoms with Crippen LogP contribution in [0.1, 0.15) is 176 Å². The van der Waals surface area contributed by atoms with Crippen molar-refractivity contribution in [3.8, 4) is 0 Å². The van der Waals surface area contributed by atoms with Crippen LogP contribution in [0.2, 0.25) is 0 Å². The SMILES string of the molecule is C.C=C1CCC(N2C(=O)c3cccc(C(C)C)c3C2=O)C(=O)N1.CCCCC[N+]1=C(/C=C/C(=C/C=C2/N(CCCC)c3ccccc3C2(C)C)c2ccc(CC(C)C)cc2)C(C)(C)c2ccccc21.O=S(=O)=O. The van der Waals surface area contributed by atoms with Gasteiger partial charge in [0.05, 0.1) is 16.5 Å². The number of nitrogens with zero attached hydrogens (tertiary/aromatic N) is 3. The average molecular weight is 1010 g/mol. The number of hydrogen-bond acceptors (Lipinski definition) is 7. The van der Waals surface area contributed by atoms with Crippen molar-refractivity contribution in [1.82, 2.24) is 10.2 Å². The van der Waals surface area contributed by atoms with Crippen LogP contribution in [0.25, 0.3) is 5.57 Å². The van der Waals surface area contributed by atoms with Crippen LogP contribution in [0, 0.1) is 5.92 Å². The Kier molecular flexibility index (Phi) is 19.7. The summed E-state index contributed by atoms with van der Waals surface area (Å²) in [6.45, 7) is 28.5. The van der Waals surface area contributed by atoms with Gasteiger partial charge in [-0.3, -0.25) is 19.3 Å². The lowest BCUT2D eigenvalue weighted by atomic mass is 9.81. The van der Waals surface area contributed by atoms with E-state index in [4.69, 9.17) is 12.6 Å². The Morgan fingerprint density at radius 3 is 2.08 bits per heavy atom. The molecule has 1 saturated heterocycles. The zero-order valence-corrected chi connectivity index (χ0v) is 45.0. The second kappa shape index (κ2) is 25.0. The number of imide groups is 1. The molecule has 0 radical (unpaired) electrons. The summed E-state index contributed by atoms with van der Waals surface area (Å²) in [5.41, 5.74) is 14.5. The van der Waals surface area contributed by atoms with E-state index in [1.54, 1.807) is 12.1 Å². The molecule has 0 bridgehead atoms. The number of piperidine rings is 1. The molecular weight excluding hydrogens is 929 g/mol. The van der Waals surface area contributed by atoms with Crippen LogP contribution in [0.4, 0.5) is 11.4 Å². The molecule has 1 atom stereocenters. The highest BCUT2D eigenvalue weighted by Crippen LogP contribution is 2.48. The van der Waals surface area contributed by atoms with Gasteiger partial charge < -0.3 is 10.2 Å². The van der Waals surface area contributed by atoms with Crippen molar-refractivity contribution in [2.45, 2.75) is 151 Å². The summed E-state index contributed by atoms with van der Waals surface area (Å²) in [6.07, 6.45) is 17.7. The third-order valence-corrected chi connectivity index (χ3v) is 14.3. The van der Waals surface area contributed by atoms with E-state index >= 15 is 0 Å². The van der Waals surface area contributed by atoms with Gasteiger partial charge in [-0.15, -0.1) is 12.6 Å². The maximum absolute atomic E-state index is 12.8. The minimum absolute atomic E-state index is 0. The number of carbonyl (C=O) groups is 3. The van der Waals surface area contributed by atoms with Gasteiger partial charge in [0.15, 0.2) is 5.71 Å². The molecule has 4 aliphatic rings. The lowest BCUT2D eigenvalue weighted by Gasteiger charge is -2.29. The molecule has 0 aliphatic carbocycles. The third-order valence-electron chi connectivity index (χ3n) is 14.3. The first-order valence-corrected chi connectivity index (χ1v) is 26.8. The molecule has 1 N–H and O–H groups in total. The molecular formula is C62H79N4O6S+. The van der Waals surface area contributed by atoms with Gasteiger partial charge in [0, 0.05) is 53.2 Å². The van der Waals surface area contributed by atoms with E-state index in [0.717, 1.165) is 30.0 Å². The molecule has 10 nitrogen and oxygen atoms in total. The van der Waals surface area contributed by atoms with Gasteiger partial charge >= 0.3 is 10.6 Å². The number of allylic oxidation sites excluding steroid dienone is 7. The predicted molar refractivity (Wildman–Crippen MR) is 298 cm³/mol. The van der Waals surface area contributed by atoms with Crippen LogP contribution in [0.3, 0.4) is 0 Å². The molecule has 11 heteroatoms. The van der Waals surface area contributed by atoms with Crippen LogP contribution in [-0.2, 0) is 32.7 Å². The maximum atomic E-state index is 12.8. The number of benzene rings is 4. The second-order valence-corrected chi connectivity index (χ2v) is 21.5. The van der Waals surface area contributed by atoms with Crippen molar-refractivity contribution in [2.24, 2.45) is 5.92 Å². The number of carbonyl (C=O) groups excluding carboxylic acids is 3. The minimum Gasteiger partial charge on any atom is -0.344 e. The largest absolute Gasteiger partial charge is 0.425 e. The molecule has 0 spiro atoms. The van der Waals surface area contributed by atoms with Crippen molar-refractivity contribution in [3.63, 3.8) is 0 Å². The van der Waals surface area contributed by atoms with Gasteiger partial charge in [-0.25, -0.2) is 0 Å². The van der Waals surface area contributed by atoms with Crippen molar-refractivity contribution >= 4 is 51.0 Å². The number of para-hydroxylation sites is 2. The Morgan fingerprint density at radius 2 is 1.45 bits per heavy atom. The number of fused-ring (bicyclic) bond motifs is 3. The van der Waals surface area contributed by atoms with Gasteiger partial charge in [0.1, 0.15) is 12.6 Å². The number of anilines is 1. The highest BCUT2D eigenvalue weighted by Gasteiger charge is 2.46. The first kappa shape index (κ1) is 57.4. The van der Waals surface area contributed by atoms with E-state index in [-0.39, 0.29) is 41.9 Å². The quantitative estimate of drug-likeness (QED) is 0.0544. The fraction of sp³-hybridized carbons (Fsp3) is 0.419. The standard InChI is InChI=1S/C44H57N2.C17H18N2O3.CH4.O3S/c1-9-11-17-31-46-40-21-16-14-19-38(40)44(7,8)42(46)29-27-36(35-24-22-34(23-25-35)32-33(3)4)26-28-41-43(5,6)37-18-13-15-20-39(37)45(41)30-12-10-2;1-9(2)11-5-4-6-12-14(11)17(22)19(16(12)21)13-8-7-10(3)18-15(13)20;;1-4(2)3/h13-16,18-29,33H,9-12,17,30-32H2,1-8H3;4-6,9,13H,3,7-8H2,1-2H3,(H,18,20);1H4;/q+1;;;. The van der Waals surface area contributed by atoms with E-state index < -0.39 is 16.7 Å². The molecule has 4 aliphatic heterocycles. The lowest BCUT2D eigenvalue weighted by molar-refractivity contribution is -0.438. The third kappa shape index (κ3) is 12.8. The fourth-order valence-corrected chi connectivity index (χ4v) is 10.6. The number of unbranched alkanes of at least 4 members (excludes halogenated alkanes) is 3. The van der Waals surface area contributed by atoms with Crippen molar-refractivity contribution in [2.75, 3.05) is 18.0 Å². The number of hydrogen-bond donors (Lipinski definition) is 1. The molecule has 4 aromatic rings. The molecule has 4 aromatic carbocycles. The van der Waals surface area contributed by atoms with Gasteiger partial charge in [-0.05, 0) is 110 Å². The molecule has 0 saturated carbocycles. The van der Waals surface area contributed by atoms with Crippen LogP contribution >= 0.6 is 0 Å². The first-order chi connectivity index (χ1) is 34.2. The summed E-state index contributed by atoms with van der Waals surface area (Å²) in [7, 11) is -3.11. The van der Waals surface area contributed by atoms with Crippen LogP contribution in [0.5, 0.6) is 0 Å². The number of rotatable bonds is 15. The summed E-state index contributed by atoms with van der Waals surface area (Å²) in [5, 5.41) is 2.63. The average Bonchev–Trinajstić information content (AvgIpc) is 3.81. The monoisotopic (exact) mass is 1010 g/mol. The molecule has 3 amide bonds. The molecule has 4 heterocycles. The fourth-order valence-electron chi connectivity index (χ4n) is 10.6. The summed E-state index contributed by atoms with van der Waals surface area (Å²) in [6, 6.07) is 31.9. The normalized spacial score (nSPS) is 18.1. The van der Waals surface area contributed by atoms with Gasteiger partial charge in [0.25, 0.3) is 11.8 Å². The first-order valence-electron chi connectivity index (χ1n) is 25.8. The van der Waals surface area contributed by atoms with E-state index in [9.17, 15) is 14.4 Å². The summed E-state index contributed by atoms with van der Waals surface area (Å²) in [5.74, 6) is -0.303. The van der Waals surface area contributed by atoms with Crippen molar-refractivity contribution < 1.29 is 31.6 Å². The smallest absolute Gasteiger partial charge is 0.344 e. The molecule has 388 valence electrons. The predicted octanol–water partition coefficient (Wildman–Crippen LogP) is 13.4. The molecule has 1 fully saturated rings. The number of amides is 3. The summed E-state index contributed by atoms with van der Waals surface area (Å²) < 4.78 is 27.9. The molecule has 1 unspecified atom stereocenters. The highest BCUT2D eigenvalue weighted by atomic mass is 32.2. The highest BCUT2D eigenvalue weighted by molar-refractivity contribution is 7.59. The molecule has 73 heavy (non-hydrogen) atoms. The van der Waals surface area contributed by atoms with Crippen LogP contribution in [0.15, 0.2) is 133 Å². The van der Waals surface area contributed by atoms with E-state index in [1.807, 2.05) is 19.9 Å². The Hall–Kier alpha value is -6.46. The van der Waals surface area contributed by atoms with Gasteiger partial charge in [-0.2, -0.15) is 4.58 Å². The Balaban J connectivity index is 0.000000304. The molecule has 0 aromatic heterocycles. The summed E-state index contributed by atoms with van der Waals surface area (Å²) >= 11 is 0. The van der Waals surface area contributed by atoms with E-state index in [0.29, 0.717) is 35.6 Å². The van der Waals surface area contributed by atoms with Crippen LogP contribution < -0.4 is 10.2 Å². The van der Waals surface area contributed by atoms with E-state index in [2.05, 4.69) is 174 Å². The minimum atomic E-state index is -3.11. The lowest BCUT2D eigenvalue weighted by Crippen LogP contribution is -2.51. The molecule has 8 rings (SSSR count). The maximum Gasteiger partial charge on any atom is 0.425 e. The van der Waals surface area contributed by atoms with E-state index in [1.165, 1.54) is 82.7 Å². The second-order valence-electron chi connectivity index (χ2n) is 21.1. The Morgan fingerprint density at radius 1 is 0.808 bits per heavy atom. The Labute approximate surface area is 437 Å². The van der Waals surface area contributed by atoms with Crippen LogP contribution in [-0.4, -0.2) is 64.7 Å². The van der Waals surface area contributed by atoms with Gasteiger partial charge in [-0.1, -0.05) is 161 Å². The summed E-state index contributed by atoms with van der Waals surface area (Å²) in [4.78, 5) is 41.2. The van der Waals surface area contributed by atoms with Gasteiger partial charge in [0.2, 0.25) is 11.6 Å².